The smallest absolute Gasteiger partial charge is 0.00773 e. The largest absolute Gasteiger partial charge is 0.330 e. The Labute approximate surface area is 95.8 Å². The van der Waals surface area contributed by atoms with Gasteiger partial charge < -0.3 is 5.73 Å². The van der Waals surface area contributed by atoms with Gasteiger partial charge in [-0.2, -0.15) is 0 Å². The molecule has 15 heavy (non-hydrogen) atoms. The predicted molar refractivity (Wildman–Crippen MR) is 67.9 cm³/mol. The molecule has 0 radical (unpaired) electrons. The van der Waals surface area contributed by atoms with Crippen LogP contribution in [0, 0.1) is 5.92 Å². The summed E-state index contributed by atoms with van der Waals surface area (Å²) in [4.78, 5) is 0. The summed E-state index contributed by atoms with van der Waals surface area (Å²) in [5, 5.41) is 0. The Hall–Kier alpha value is -0.0400. The van der Waals surface area contributed by atoms with Gasteiger partial charge in [-0.1, -0.05) is 70.6 Å². The average Bonchev–Trinajstić information content (AvgIpc) is 2.27. The number of nitrogens with two attached hydrogens (primary N) is 1. The molecule has 2 N–H and O–H groups in total. The summed E-state index contributed by atoms with van der Waals surface area (Å²) in [6, 6.07) is 0. The third-order valence-electron chi connectivity index (χ3n) is 3.79. The molecule has 0 bridgehead atoms. The summed E-state index contributed by atoms with van der Waals surface area (Å²) in [7, 11) is 0. The van der Waals surface area contributed by atoms with Crippen molar-refractivity contribution in [2.24, 2.45) is 11.7 Å². The van der Waals surface area contributed by atoms with Crippen molar-refractivity contribution in [3.8, 4) is 0 Å². The van der Waals surface area contributed by atoms with Crippen LogP contribution in [0.5, 0.6) is 0 Å². The second kappa shape index (κ2) is 9.21. The lowest BCUT2D eigenvalue weighted by molar-refractivity contribution is 0.359. The number of rotatable bonds is 4. The first-order valence-corrected chi connectivity index (χ1v) is 7.13. The Morgan fingerprint density at radius 1 is 0.733 bits per heavy atom. The van der Waals surface area contributed by atoms with Crippen LogP contribution in [0.2, 0.25) is 0 Å². The van der Waals surface area contributed by atoms with Crippen LogP contribution >= 0.6 is 0 Å². The van der Waals surface area contributed by atoms with Crippen LogP contribution in [0.4, 0.5) is 0 Å². The van der Waals surface area contributed by atoms with Gasteiger partial charge >= 0.3 is 0 Å². The monoisotopic (exact) mass is 211 g/mol. The molecular weight excluding hydrogens is 182 g/mol. The van der Waals surface area contributed by atoms with Crippen LogP contribution in [0.15, 0.2) is 0 Å². The zero-order valence-electron chi connectivity index (χ0n) is 10.3. The first-order chi connectivity index (χ1) is 7.43. The van der Waals surface area contributed by atoms with E-state index >= 15 is 0 Å². The molecule has 0 aromatic heterocycles. The highest BCUT2D eigenvalue weighted by atomic mass is 14.5. The van der Waals surface area contributed by atoms with Gasteiger partial charge in [0.05, 0.1) is 0 Å². The van der Waals surface area contributed by atoms with E-state index < -0.39 is 0 Å². The maximum absolute atomic E-state index is 5.55. The van der Waals surface area contributed by atoms with Gasteiger partial charge in [-0.15, -0.1) is 0 Å². The van der Waals surface area contributed by atoms with Crippen molar-refractivity contribution in [2.45, 2.75) is 77.0 Å². The van der Waals surface area contributed by atoms with E-state index in [0.29, 0.717) is 0 Å². The minimum Gasteiger partial charge on any atom is -0.330 e. The molecule has 0 aliphatic heterocycles. The summed E-state index contributed by atoms with van der Waals surface area (Å²) >= 11 is 0. The van der Waals surface area contributed by atoms with Crippen LogP contribution in [0.25, 0.3) is 0 Å². The third kappa shape index (κ3) is 6.94. The highest BCUT2D eigenvalue weighted by molar-refractivity contribution is 4.63. The lowest BCUT2D eigenvalue weighted by atomic mass is 9.88. The molecule has 0 atom stereocenters. The SMILES string of the molecule is NCCCCC1CCCCCCCCC1. The maximum Gasteiger partial charge on any atom is -0.00773 e. The fourth-order valence-corrected chi connectivity index (χ4v) is 2.76. The van der Waals surface area contributed by atoms with Gasteiger partial charge in [-0.25, -0.2) is 0 Å². The molecule has 0 unspecified atom stereocenters. The van der Waals surface area contributed by atoms with Crippen molar-refractivity contribution in [1.82, 2.24) is 0 Å². The minimum atomic E-state index is 0.882. The van der Waals surface area contributed by atoms with Gasteiger partial charge in [0.1, 0.15) is 0 Å². The van der Waals surface area contributed by atoms with Crippen LogP contribution in [0.1, 0.15) is 77.0 Å². The van der Waals surface area contributed by atoms with Crippen molar-refractivity contribution >= 4 is 0 Å². The lowest BCUT2D eigenvalue weighted by Crippen LogP contribution is -2.05. The lowest BCUT2D eigenvalue weighted by Gasteiger charge is -2.18. The molecule has 0 spiro atoms. The Bertz CT molecular complexity index is 121. The fraction of sp³-hybridized carbons (Fsp3) is 1.00. The van der Waals surface area contributed by atoms with Crippen LogP contribution in [-0.2, 0) is 0 Å². The van der Waals surface area contributed by atoms with E-state index in [2.05, 4.69) is 0 Å². The summed E-state index contributed by atoms with van der Waals surface area (Å²) in [5.41, 5.74) is 5.55. The van der Waals surface area contributed by atoms with E-state index in [1.54, 1.807) is 0 Å². The van der Waals surface area contributed by atoms with E-state index in [9.17, 15) is 0 Å². The highest BCUT2D eigenvalue weighted by Gasteiger charge is 2.09. The van der Waals surface area contributed by atoms with Gasteiger partial charge in [-0.05, 0) is 18.9 Å². The zero-order chi connectivity index (χ0) is 10.8. The number of hydrogen-bond donors (Lipinski definition) is 1. The molecule has 90 valence electrons. The number of hydrogen-bond acceptors (Lipinski definition) is 1. The highest BCUT2D eigenvalue weighted by Crippen LogP contribution is 2.25. The van der Waals surface area contributed by atoms with Gasteiger partial charge in [0.2, 0.25) is 0 Å². The van der Waals surface area contributed by atoms with Crippen LogP contribution in [0.3, 0.4) is 0 Å². The Kier molecular flexibility index (Phi) is 7.99. The molecule has 0 saturated heterocycles. The van der Waals surface area contributed by atoms with E-state index in [-0.39, 0.29) is 0 Å². The summed E-state index contributed by atoms with van der Waals surface area (Å²) in [6.45, 7) is 0.882. The molecule has 0 heterocycles. The molecule has 0 aromatic carbocycles. The van der Waals surface area contributed by atoms with Crippen molar-refractivity contribution in [2.75, 3.05) is 6.54 Å². The first kappa shape index (κ1) is 13.0. The van der Waals surface area contributed by atoms with Crippen molar-refractivity contribution in [3.05, 3.63) is 0 Å². The van der Waals surface area contributed by atoms with Gasteiger partial charge in [0.25, 0.3) is 0 Å². The molecule has 0 amide bonds. The zero-order valence-corrected chi connectivity index (χ0v) is 10.3. The molecule has 1 nitrogen and oxygen atoms in total. The molecular formula is C14H29N. The second-order valence-corrected chi connectivity index (χ2v) is 5.20. The van der Waals surface area contributed by atoms with Crippen molar-refractivity contribution < 1.29 is 0 Å². The van der Waals surface area contributed by atoms with Gasteiger partial charge in [0.15, 0.2) is 0 Å². The standard InChI is InChI=1S/C14H29N/c15-13-9-8-12-14-10-6-4-2-1-3-5-7-11-14/h14H,1-13,15H2. The third-order valence-corrected chi connectivity index (χ3v) is 3.79. The van der Waals surface area contributed by atoms with E-state index in [1.165, 1.54) is 77.0 Å². The number of unbranched alkanes of at least 4 members (excludes halogenated alkanes) is 1. The Morgan fingerprint density at radius 2 is 1.27 bits per heavy atom. The topological polar surface area (TPSA) is 26.0 Å². The van der Waals surface area contributed by atoms with E-state index in [1.807, 2.05) is 0 Å². The van der Waals surface area contributed by atoms with Crippen molar-refractivity contribution in [1.29, 1.82) is 0 Å². The minimum absolute atomic E-state index is 0.882. The van der Waals surface area contributed by atoms with E-state index in [4.69, 9.17) is 5.73 Å². The van der Waals surface area contributed by atoms with Gasteiger partial charge in [0, 0.05) is 0 Å². The molecule has 1 aliphatic rings. The summed E-state index contributed by atoms with van der Waals surface area (Å²) in [6.07, 6.45) is 17.4. The quantitative estimate of drug-likeness (QED) is 0.691. The predicted octanol–water partition coefficient (Wildman–Crippen LogP) is 4.26. The van der Waals surface area contributed by atoms with Crippen LogP contribution in [-0.4, -0.2) is 6.54 Å². The fourth-order valence-electron chi connectivity index (χ4n) is 2.76. The summed E-state index contributed by atoms with van der Waals surface area (Å²) in [5.74, 6) is 1.02. The van der Waals surface area contributed by atoms with Crippen LogP contribution < -0.4 is 5.73 Å². The first-order valence-electron chi connectivity index (χ1n) is 7.13. The van der Waals surface area contributed by atoms with Crippen molar-refractivity contribution in [3.63, 3.8) is 0 Å². The van der Waals surface area contributed by atoms with E-state index in [0.717, 1.165) is 12.5 Å². The maximum atomic E-state index is 5.55. The summed E-state index contributed by atoms with van der Waals surface area (Å²) < 4.78 is 0. The second-order valence-electron chi connectivity index (χ2n) is 5.20. The average molecular weight is 211 g/mol. The normalized spacial score (nSPS) is 21.4. The molecule has 0 aromatic rings. The molecule has 1 aliphatic carbocycles. The molecule has 1 heteroatoms. The molecule has 1 saturated carbocycles. The molecule has 1 fully saturated rings. The molecule has 1 rings (SSSR count). The van der Waals surface area contributed by atoms with Gasteiger partial charge in [-0.3, -0.25) is 0 Å². The Balaban J connectivity index is 2.13. The Morgan fingerprint density at radius 3 is 1.80 bits per heavy atom.